The summed E-state index contributed by atoms with van der Waals surface area (Å²) in [5.41, 5.74) is 3.44. The van der Waals surface area contributed by atoms with Crippen LogP contribution in [0.1, 0.15) is 27.2 Å². The third-order valence-corrected chi connectivity index (χ3v) is 3.15. The molecule has 0 bridgehead atoms. The van der Waals surface area contributed by atoms with Crippen molar-refractivity contribution < 1.29 is 4.79 Å². The molecule has 1 N–H and O–H groups in total. The molecular weight excluding hydrogens is 260 g/mol. The number of hydrogen-bond donors (Lipinski definition) is 1. The van der Waals surface area contributed by atoms with E-state index < -0.39 is 0 Å². The van der Waals surface area contributed by atoms with Crippen LogP contribution >= 0.6 is 11.6 Å². The number of nitrogens with zero attached hydrogens (tertiary/aromatic N) is 1. The number of amides is 1. The van der Waals surface area contributed by atoms with Crippen LogP contribution in [0.15, 0.2) is 36.4 Å². The fraction of sp³-hybridized carbons (Fsp3) is 0.200. The number of rotatable bonds is 3. The maximum absolute atomic E-state index is 11.9. The number of aromatic nitrogens is 1. The topological polar surface area (TPSA) is 42.0 Å². The van der Waals surface area contributed by atoms with E-state index >= 15 is 0 Å². The Morgan fingerprint density at radius 3 is 2.47 bits per heavy atom. The van der Waals surface area contributed by atoms with Crippen molar-refractivity contribution in [3.05, 3.63) is 63.9 Å². The van der Waals surface area contributed by atoms with Gasteiger partial charge in [0, 0.05) is 23.4 Å². The van der Waals surface area contributed by atoms with Gasteiger partial charge in [0.2, 0.25) is 0 Å². The first-order valence-electron chi connectivity index (χ1n) is 6.03. The summed E-state index contributed by atoms with van der Waals surface area (Å²) >= 11 is 6.02. The van der Waals surface area contributed by atoms with Crippen molar-refractivity contribution in [2.24, 2.45) is 0 Å². The van der Waals surface area contributed by atoms with Crippen LogP contribution in [0.5, 0.6) is 0 Å². The van der Waals surface area contributed by atoms with Gasteiger partial charge >= 0.3 is 0 Å². The highest BCUT2D eigenvalue weighted by molar-refractivity contribution is 6.30. The third-order valence-electron chi connectivity index (χ3n) is 2.82. The second kappa shape index (κ2) is 5.85. The number of carbonyl (C=O) groups excluding carboxylic acids is 1. The van der Waals surface area contributed by atoms with Gasteiger partial charge < -0.3 is 5.32 Å². The van der Waals surface area contributed by atoms with E-state index in [4.69, 9.17) is 11.6 Å². The lowest BCUT2D eigenvalue weighted by atomic mass is 10.1. The largest absolute Gasteiger partial charge is 0.348 e. The highest BCUT2D eigenvalue weighted by Gasteiger charge is 2.07. The SMILES string of the molecule is Cc1ccc(C(=O)NCc2ccc(C)nc2Cl)cc1. The lowest BCUT2D eigenvalue weighted by molar-refractivity contribution is 0.0951. The minimum Gasteiger partial charge on any atom is -0.348 e. The van der Waals surface area contributed by atoms with E-state index in [1.54, 1.807) is 12.1 Å². The second-order valence-electron chi connectivity index (χ2n) is 4.45. The molecule has 2 rings (SSSR count). The van der Waals surface area contributed by atoms with Gasteiger partial charge in [-0.25, -0.2) is 4.98 Å². The van der Waals surface area contributed by atoms with Gasteiger partial charge in [-0.3, -0.25) is 4.79 Å². The summed E-state index contributed by atoms with van der Waals surface area (Å²) in [5.74, 6) is -0.114. The van der Waals surface area contributed by atoms with Crippen molar-refractivity contribution in [1.82, 2.24) is 10.3 Å². The van der Waals surface area contributed by atoms with Gasteiger partial charge in [-0.2, -0.15) is 0 Å². The van der Waals surface area contributed by atoms with Gasteiger partial charge in [0.25, 0.3) is 5.91 Å². The van der Waals surface area contributed by atoms with E-state index in [0.717, 1.165) is 16.8 Å². The average molecular weight is 275 g/mol. The summed E-state index contributed by atoms with van der Waals surface area (Å²) in [5, 5.41) is 3.27. The van der Waals surface area contributed by atoms with Crippen molar-refractivity contribution in [2.45, 2.75) is 20.4 Å². The fourth-order valence-electron chi connectivity index (χ4n) is 1.67. The molecule has 1 aromatic heterocycles. The lowest BCUT2D eigenvalue weighted by Crippen LogP contribution is -2.23. The molecule has 19 heavy (non-hydrogen) atoms. The van der Waals surface area contributed by atoms with Crippen LogP contribution < -0.4 is 5.32 Å². The Bertz CT molecular complexity index is 594. The minimum atomic E-state index is -0.114. The van der Waals surface area contributed by atoms with E-state index in [1.807, 2.05) is 38.1 Å². The molecule has 0 atom stereocenters. The van der Waals surface area contributed by atoms with Crippen LogP contribution in [0.4, 0.5) is 0 Å². The van der Waals surface area contributed by atoms with Crippen molar-refractivity contribution >= 4 is 17.5 Å². The maximum Gasteiger partial charge on any atom is 0.251 e. The third kappa shape index (κ3) is 3.55. The van der Waals surface area contributed by atoms with Gasteiger partial charge in [-0.05, 0) is 32.0 Å². The van der Waals surface area contributed by atoms with Crippen LogP contribution in [-0.2, 0) is 6.54 Å². The Kier molecular flexibility index (Phi) is 4.17. The normalized spacial score (nSPS) is 10.3. The lowest BCUT2D eigenvalue weighted by Gasteiger charge is -2.07. The molecule has 0 saturated carbocycles. The molecule has 98 valence electrons. The highest BCUT2D eigenvalue weighted by Crippen LogP contribution is 2.13. The van der Waals surface area contributed by atoms with Gasteiger partial charge in [-0.15, -0.1) is 0 Å². The van der Waals surface area contributed by atoms with Gasteiger partial charge in [0.1, 0.15) is 5.15 Å². The molecular formula is C15H15ClN2O. The molecule has 4 heteroatoms. The van der Waals surface area contributed by atoms with Gasteiger partial charge in [0.15, 0.2) is 0 Å². The summed E-state index contributed by atoms with van der Waals surface area (Å²) in [7, 11) is 0. The minimum absolute atomic E-state index is 0.114. The van der Waals surface area contributed by atoms with Crippen molar-refractivity contribution in [3.8, 4) is 0 Å². The molecule has 0 aliphatic heterocycles. The monoisotopic (exact) mass is 274 g/mol. The summed E-state index contributed by atoms with van der Waals surface area (Å²) in [6, 6.07) is 11.2. The number of pyridine rings is 1. The second-order valence-corrected chi connectivity index (χ2v) is 4.81. The number of aryl methyl sites for hydroxylation is 2. The molecule has 0 aliphatic carbocycles. The molecule has 0 saturated heterocycles. The Morgan fingerprint density at radius 2 is 1.84 bits per heavy atom. The van der Waals surface area contributed by atoms with Crippen LogP contribution in [0.25, 0.3) is 0 Å². The molecule has 1 aromatic carbocycles. The zero-order valence-electron chi connectivity index (χ0n) is 10.9. The van der Waals surface area contributed by atoms with E-state index in [1.165, 1.54) is 0 Å². The molecule has 1 heterocycles. The van der Waals surface area contributed by atoms with Crippen LogP contribution in [-0.4, -0.2) is 10.9 Å². The van der Waals surface area contributed by atoms with E-state index in [0.29, 0.717) is 17.3 Å². The van der Waals surface area contributed by atoms with E-state index in [9.17, 15) is 4.79 Å². The Labute approximate surface area is 117 Å². The van der Waals surface area contributed by atoms with Crippen molar-refractivity contribution in [1.29, 1.82) is 0 Å². The Balaban J connectivity index is 2.02. The van der Waals surface area contributed by atoms with Crippen LogP contribution in [0, 0.1) is 13.8 Å². The molecule has 0 spiro atoms. The van der Waals surface area contributed by atoms with Crippen LogP contribution in [0.3, 0.4) is 0 Å². The highest BCUT2D eigenvalue weighted by atomic mass is 35.5. The number of nitrogens with one attached hydrogen (secondary N) is 1. The smallest absolute Gasteiger partial charge is 0.251 e. The zero-order chi connectivity index (χ0) is 13.8. The molecule has 0 aliphatic rings. The number of halogens is 1. The van der Waals surface area contributed by atoms with Gasteiger partial charge in [-0.1, -0.05) is 35.4 Å². The summed E-state index contributed by atoms with van der Waals surface area (Å²) in [6.45, 7) is 4.23. The number of carbonyl (C=O) groups is 1. The maximum atomic E-state index is 11.9. The summed E-state index contributed by atoms with van der Waals surface area (Å²) in [6.07, 6.45) is 0. The first kappa shape index (κ1) is 13.6. The number of hydrogen-bond acceptors (Lipinski definition) is 2. The Hall–Kier alpha value is -1.87. The van der Waals surface area contributed by atoms with E-state index in [2.05, 4.69) is 10.3 Å². The predicted octanol–water partition coefficient (Wildman–Crippen LogP) is 3.28. The van der Waals surface area contributed by atoms with E-state index in [-0.39, 0.29) is 5.91 Å². The number of benzene rings is 1. The molecule has 2 aromatic rings. The first-order chi connectivity index (χ1) is 9.06. The van der Waals surface area contributed by atoms with Crippen LogP contribution in [0.2, 0.25) is 5.15 Å². The Morgan fingerprint density at radius 1 is 1.16 bits per heavy atom. The summed E-state index contributed by atoms with van der Waals surface area (Å²) < 4.78 is 0. The zero-order valence-corrected chi connectivity index (χ0v) is 11.7. The molecule has 3 nitrogen and oxygen atoms in total. The quantitative estimate of drug-likeness (QED) is 0.873. The predicted molar refractivity (Wildman–Crippen MR) is 76.3 cm³/mol. The fourth-order valence-corrected chi connectivity index (χ4v) is 1.93. The standard InChI is InChI=1S/C15H15ClN2O/c1-10-3-6-12(7-4-10)15(19)17-9-13-8-5-11(2)18-14(13)16/h3-8H,9H2,1-2H3,(H,17,19). The molecule has 1 amide bonds. The van der Waals surface area contributed by atoms with Gasteiger partial charge in [0.05, 0.1) is 0 Å². The molecule has 0 radical (unpaired) electrons. The summed E-state index contributed by atoms with van der Waals surface area (Å²) in [4.78, 5) is 16.1. The molecule has 0 fully saturated rings. The van der Waals surface area contributed by atoms with Crippen molar-refractivity contribution in [2.75, 3.05) is 0 Å². The van der Waals surface area contributed by atoms with Crippen molar-refractivity contribution in [3.63, 3.8) is 0 Å². The molecule has 0 unspecified atom stereocenters. The first-order valence-corrected chi connectivity index (χ1v) is 6.41. The average Bonchev–Trinajstić information content (AvgIpc) is 2.38.